The maximum atomic E-state index is 12.1. The average Bonchev–Trinajstić information content (AvgIpc) is 3.15. The molecule has 0 saturated carbocycles. The van der Waals surface area contributed by atoms with Gasteiger partial charge >= 0.3 is 0 Å². The van der Waals surface area contributed by atoms with Crippen molar-refractivity contribution >= 4 is 11.6 Å². The summed E-state index contributed by atoms with van der Waals surface area (Å²) < 4.78 is 5.08. The number of anilines is 1. The van der Waals surface area contributed by atoms with Gasteiger partial charge in [0.25, 0.3) is 5.91 Å². The molecule has 7 heteroatoms. The predicted octanol–water partition coefficient (Wildman–Crippen LogP) is 2.63. The summed E-state index contributed by atoms with van der Waals surface area (Å²) in [6.07, 6.45) is 3.19. The Kier molecular flexibility index (Phi) is 5.73. The van der Waals surface area contributed by atoms with Crippen LogP contribution in [0.1, 0.15) is 40.3 Å². The van der Waals surface area contributed by atoms with Gasteiger partial charge in [-0.2, -0.15) is 0 Å². The first-order valence-electron chi connectivity index (χ1n) is 8.35. The lowest BCUT2D eigenvalue weighted by molar-refractivity contribution is 0.102. The molecular formula is C19H21N5O2. The van der Waals surface area contributed by atoms with Crippen molar-refractivity contribution in [2.45, 2.75) is 26.1 Å². The molecule has 134 valence electrons. The van der Waals surface area contributed by atoms with Crippen molar-refractivity contribution in [2.24, 2.45) is 5.73 Å². The Hall–Kier alpha value is -3.03. The van der Waals surface area contributed by atoms with E-state index in [2.05, 4.69) is 27.7 Å². The van der Waals surface area contributed by atoms with E-state index >= 15 is 0 Å². The van der Waals surface area contributed by atoms with Crippen LogP contribution in [0.2, 0.25) is 0 Å². The number of carbonyl (C=O) groups is 1. The molecule has 2 aromatic heterocycles. The van der Waals surface area contributed by atoms with E-state index in [9.17, 15) is 4.79 Å². The van der Waals surface area contributed by atoms with Crippen LogP contribution in [0.25, 0.3) is 0 Å². The van der Waals surface area contributed by atoms with E-state index in [1.54, 1.807) is 24.5 Å². The molecule has 0 spiro atoms. The third-order valence-corrected chi connectivity index (χ3v) is 4.01. The van der Waals surface area contributed by atoms with Crippen LogP contribution in [0.15, 0.2) is 59.4 Å². The number of nitrogens with zero attached hydrogens (tertiary/aromatic N) is 2. The molecule has 0 aliphatic rings. The quantitative estimate of drug-likeness (QED) is 0.604. The van der Waals surface area contributed by atoms with E-state index < -0.39 is 0 Å². The molecule has 1 atom stereocenters. The van der Waals surface area contributed by atoms with E-state index in [4.69, 9.17) is 10.3 Å². The zero-order chi connectivity index (χ0) is 18.4. The molecule has 4 N–H and O–H groups in total. The highest BCUT2D eigenvalue weighted by Crippen LogP contribution is 2.17. The van der Waals surface area contributed by atoms with Crippen molar-refractivity contribution < 1.29 is 9.32 Å². The van der Waals surface area contributed by atoms with Gasteiger partial charge in [0.1, 0.15) is 0 Å². The van der Waals surface area contributed by atoms with Crippen molar-refractivity contribution in [3.05, 3.63) is 77.4 Å². The molecule has 3 rings (SSSR count). The molecule has 0 radical (unpaired) electrons. The second kappa shape index (κ2) is 8.37. The number of amides is 1. The smallest absolute Gasteiger partial charge is 0.255 e. The number of hydrogen-bond donors (Lipinski definition) is 3. The van der Waals surface area contributed by atoms with E-state index in [-0.39, 0.29) is 11.9 Å². The fourth-order valence-electron chi connectivity index (χ4n) is 2.47. The summed E-state index contributed by atoms with van der Waals surface area (Å²) in [7, 11) is 0. The zero-order valence-corrected chi connectivity index (χ0v) is 14.5. The summed E-state index contributed by atoms with van der Waals surface area (Å²) in [6.45, 7) is 2.99. The summed E-state index contributed by atoms with van der Waals surface area (Å²) in [4.78, 5) is 16.1. The molecule has 26 heavy (non-hydrogen) atoms. The SMILES string of the molecule is CC(NCc1cc(CN)on1)c1ccc(NC(=O)c2ccncc2)cc1. The van der Waals surface area contributed by atoms with Crippen molar-refractivity contribution in [3.63, 3.8) is 0 Å². The lowest BCUT2D eigenvalue weighted by Crippen LogP contribution is -2.18. The Morgan fingerprint density at radius 3 is 2.58 bits per heavy atom. The molecule has 0 aliphatic carbocycles. The van der Waals surface area contributed by atoms with Gasteiger partial charge in [-0.25, -0.2) is 0 Å². The lowest BCUT2D eigenvalue weighted by atomic mass is 10.1. The zero-order valence-electron chi connectivity index (χ0n) is 14.5. The topological polar surface area (TPSA) is 106 Å². The van der Waals surface area contributed by atoms with Gasteiger partial charge in [0.15, 0.2) is 5.76 Å². The highest BCUT2D eigenvalue weighted by atomic mass is 16.5. The van der Waals surface area contributed by atoms with Crippen LogP contribution >= 0.6 is 0 Å². The van der Waals surface area contributed by atoms with Gasteiger partial charge in [-0.15, -0.1) is 0 Å². The van der Waals surface area contributed by atoms with Crippen molar-refractivity contribution in [1.82, 2.24) is 15.5 Å². The van der Waals surface area contributed by atoms with Crippen LogP contribution in [-0.2, 0) is 13.1 Å². The van der Waals surface area contributed by atoms with Crippen molar-refractivity contribution in [1.29, 1.82) is 0 Å². The highest BCUT2D eigenvalue weighted by molar-refractivity contribution is 6.04. The monoisotopic (exact) mass is 351 g/mol. The van der Waals surface area contributed by atoms with Crippen LogP contribution in [0.3, 0.4) is 0 Å². The van der Waals surface area contributed by atoms with Crippen molar-refractivity contribution in [3.8, 4) is 0 Å². The van der Waals surface area contributed by atoms with E-state index in [1.165, 1.54) is 0 Å². The van der Waals surface area contributed by atoms with Crippen LogP contribution < -0.4 is 16.4 Å². The molecule has 3 aromatic rings. The summed E-state index contributed by atoms with van der Waals surface area (Å²) in [6, 6.07) is 13.0. The highest BCUT2D eigenvalue weighted by Gasteiger charge is 2.09. The number of nitrogens with two attached hydrogens (primary N) is 1. The van der Waals surface area contributed by atoms with Gasteiger partial charge in [0.05, 0.1) is 12.2 Å². The van der Waals surface area contributed by atoms with Gasteiger partial charge in [-0.1, -0.05) is 17.3 Å². The normalized spacial score (nSPS) is 11.9. The Balaban J connectivity index is 1.55. The molecule has 7 nitrogen and oxygen atoms in total. The Bertz CT molecular complexity index is 846. The number of aromatic nitrogens is 2. The maximum absolute atomic E-state index is 12.1. The molecule has 1 aromatic carbocycles. The molecule has 0 fully saturated rings. The van der Waals surface area contributed by atoms with E-state index in [0.717, 1.165) is 16.9 Å². The van der Waals surface area contributed by atoms with Gasteiger partial charge in [-0.3, -0.25) is 9.78 Å². The summed E-state index contributed by atoms with van der Waals surface area (Å²) in [5.74, 6) is 0.511. The van der Waals surface area contributed by atoms with E-state index in [0.29, 0.717) is 24.4 Å². The number of benzene rings is 1. The van der Waals surface area contributed by atoms with Gasteiger partial charge in [-0.05, 0) is 36.8 Å². The third-order valence-electron chi connectivity index (χ3n) is 4.01. The molecule has 0 saturated heterocycles. The van der Waals surface area contributed by atoms with Crippen LogP contribution in [-0.4, -0.2) is 16.0 Å². The Labute approximate surface area is 151 Å². The minimum absolute atomic E-state index is 0.123. The van der Waals surface area contributed by atoms with Gasteiger partial charge < -0.3 is 20.9 Å². The molecule has 0 aliphatic heterocycles. The molecular weight excluding hydrogens is 330 g/mol. The molecule has 1 amide bonds. The third kappa shape index (κ3) is 4.53. The van der Waals surface area contributed by atoms with Crippen LogP contribution in [0.5, 0.6) is 0 Å². The Morgan fingerprint density at radius 2 is 1.92 bits per heavy atom. The largest absolute Gasteiger partial charge is 0.360 e. The van der Waals surface area contributed by atoms with Crippen LogP contribution in [0.4, 0.5) is 5.69 Å². The van der Waals surface area contributed by atoms with E-state index in [1.807, 2.05) is 30.3 Å². The fourth-order valence-corrected chi connectivity index (χ4v) is 2.47. The molecule has 2 heterocycles. The molecule has 1 unspecified atom stereocenters. The second-order valence-electron chi connectivity index (χ2n) is 5.90. The average molecular weight is 351 g/mol. The number of pyridine rings is 1. The predicted molar refractivity (Wildman–Crippen MR) is 98.3 cm³/mol. The molecule has 0 bridgehead atoms. The first kappa shape index (κ1) is 17.8. The van der Waals surface area contributed by atoms with Crippen molar-refractivity contribution in [2.75, 3.05) is 5.32 Å². The number of nitrogens with one attached hydrogen (secondary N) is 2. The fraction of sp³-hybridized carbons (Fsp3) is 0.211. The first-order valence-corrected chi connectivity index (χ1v) is 8.35. The van der Waals surface area contributed by atoms with Crippen LogP contribution in [0, 0.1) is 0 Å². The van der Waals surface area contributed by atoms with Gasteiger partial charge in [0.2, 0.25) is 0 Å². The summed E-state index contributed by atoms with van der Waals surface area (Å²) in [5, 5.41) is 10.2. The number of rotatable bonds is 7. The minimum atomic E-state index is -0.159. The number of carbonyl (C=O) groups excluding carboxylic acids is 1. The maximum Gasteiger partial charge on any atom is 0.255 e. The minimum Gasteiger partial charge on any atom is -0.360 e. The Morgan fingerprint density at radius 1 is 1.19 bits per heavy atom. The summed E-state index contributed by atoms with van der Waals surface area (Å²) in [5.41, 5.74) is 8.75. The summed E-state index contributed by atoms with van der Waals surface area (Å²) >= 11 is 0. The first-order chi connectivity index (χ1) is 12.7. The number of hydrogen-bond acceptors (Lipinski definition) is 6. The van der Waals surface area contributed by atoms with Gasteiger partial charge in [0, 0.05) is 42.3 Å². The standard InChI is InChI=1S/C19H21N5O2/c1-13(22-12-17-10-18(11-20)26-24-17)14-2-4-16(5-3-14)23-19(25)15-6-8-21-9-7-15/h2-10,13,22H,11-12,20H2,1H3,(H,23,25). The second-order valence-corrected chi connectivity index (χ2v) is 5.90. The lowest BCUT2D eigenvalue weighted by Gasteiger charge is -2.14.